The molecule has 0 amide bonds. The fourth-order valence-electron chi connectivity index (χ4n) is 2.94. The summed E-state index contributed by atoms with van der Waals surface area (Å²) in [5.41, 5.74) is 4.26. The lowest BCUT2D eigenvalue weighted by atomic mass is 10.1. The van der Waals surface area contributed by atoms with Crippen LogP contribution in [0.3, 0.4) is 0 Å². The first-order chi connectivity index (χ1) is 12.2. The van der Waals surface area contributed by atoms with Gasteiger partial charge in [-0.05, 0) is 42.3 Å². The lowest BCUT2D eigenvalue weighted by Gasteiger charge is -2.15. The number of hydrogen-bond acceptors (Lipinski definition) is 5. The van der Waals surface area contributed by atoms with E-state index in [-0.39, 0.29) is 0 Å². The molecule has 0 atom stereocenters. The minimum Gasteiger partial charge on any atom is -0.332 e. The molecule has 3 aromatic rings. The number of nitrogens with zero attached hydrogens (tertiary/aromatic N) is 4. The van der Waals surface area contributed by atoms with Crippen molar-refractivity contribution in [2.24, 2.45) is 0 Å². The zero-order valence-corrected chi connectivity index (χ0v) is 14.6. The molecule has 0 saturated carbocycles. The number of benzene rings is 2. The normalized spacial score (nSPS) is 12.7. The first kappa shape index (κ1) is 15.7. The van der Waals surface area contributed by atoms with Gasteiger partial charge in [-0.3, -0.25) is 0 Å². The maximum absolute atomic E-state index is 9.28. The fourth-order valence-corrected chi connectivity index (χ4v) is 3.71. The summed E-state index contributed by atoms with van der Waals surface area (Å²) in [6, 6.07) is 18.5. The molecule has 0 aliphatic carbocycles. The van der Waals surface area contributed by atoms with Gasteiger partial charge in [-0.15, -0.1) is 0 Å². The van der Waals surface area contributed by atoms with Crippen molar-refractivity contribution in [2.75, 3.05) is 4.90 Å². The van der Waals surface area contributed by atoms with E-state index in [0.717, 1.165) is 27.6 Å². The molecule has 1 aliphatic heterocycles. The van der Waals surface area contributed by atoms with E-state index in [1.54, 1.807) is 18.0 Å². The van der Waals surface area contributed by atoms with Gasteiger partial charge < -0.3 is 4.90 Å². The molecule has 1 aromatic heterocycles. The second kappa shape index (κ2) is 6.58. The van der Waals surface area contributed by atoms with E-state index in [0.29, 0.717) is 12.5 Å². The molecular weight excluding hydrogens is 328 g/mol. The average molecular weight is 344 g/mol. The van der Waals surface area contributed by atoms with Gasteiger partial charge in [0.1, 0.15) is 5.03 Å². The maximum atomic E-state index is 9.28. The van der Waals surface area contributed by atoms with Crippen LogP contribution in [0.2, 0.25) is 0 Å². The van der Waals surface area contributed by atoms with E-state index in [9.17, 15) is 5.26 Å². The van der Waals surface area contributed by atoms with Crippen LogP contribution in [0.1, 0.15) is 22.3 Å². The summed E-state index contributed by atoms with van der Waals surface area (Å²) in [5, 5.41) is 10.2. The molecule has 5 heteroatoms. The van der Waals surface area contributed by atoms with E-state index in [2.05, 4.69) is 53.2 Å². The third kappa shape index (κ3) is 3.21. The van der Waals surface area contributed by atoms with Crippen LogP contribution in [-0.4, -0.2) is 9.97 Å². The Labute approximate surface area is 151 Å². The molecule has 122 valence electrons. The van der Waals surface area contributed by atoms with Crippen LogP contribution in [0.5, 0.6) is 0 Å². The standard InChI is InChI=1S/C20H16N4S/c1-14-5-7-17(8-6-14)25-19-9-10-22-20(23-19)24-12-16-4-2-3-15(11-21)18(16)13-24/h2-10H,12-13H2,1H3. The van der Waals surface area contributed by atoms with Crippen LogP contribution in [-0.2, 0) is 13.1 Å². The Bertz CT molecular complexity index is 960. The number of anilines is 1. The van der Waals surface area contributed by atoms with E-state index in [1.165, 1.54) is 11.1 Å². The Morgan fingerprint density at radius 1 is 1.08 bits per heavy atom. The number of aryl methyl sites for hydroxylation is 1. The smallest absolute Gasteiger partial charge is 0.226 e. The molecule has 0 spiro atoms. The highest BCUT2D eigenvalue weighted by Gasteiger charge is 2.23. The topological polar surface area (TPSA) is 52.8 Å². The predicted molar refractivity (Wildman–Crippen MR) is 98.4 cm³/mol. The van der Waals surface area contributed by atoms with Crippen LogP contribution in [0.15, 0.2) is 64.6 Å². The van der Waals surface area contributed by atoms with Crippen molar-refractivity contribution in [3.63, 3.8) is 0 Å². The van der Waals surface area contributed by atoms with Crippen molar-refractivity contribution in [3.05, 3.63) is 77.0 Å². The first-order valence-electron chi connectivity index (χ1n) is 8.06. The quantitative estimate of drug-likeness (QED) is 0.662. The highest BCUT2D eigenvalue weighted by atomic mass is 32.2. The van der Waals surface area contributed by atoms with E-state index in [1.807, 2.05) is 18.2 Å². The molecule has 0 N–H and O–H groups in total. The summed E-state index contributed by atoms with van der Waals surface area (Å²) in [6.45, 7) is 3.50. The number of nitriles is 1. The number of hydrogen-bond donors (Lipinski definition) is 0. The maximum Gasteiger partial charge on any atom is 0.226 e. The largest absolute Gasteiger partial charge is 0.332 e. The highest BCUT2D eigenvalue weighted by molar-refractivity contribution is 7.99. The van der Waals surface area contributed by atoms with Crippen LogP contribution < -0.4 is 4.90 Å². The third-order valence-corrected chi connectivity index (χ3v) is 5.19. The van der Waals surface area contributed by atoms with Gasteiger partial charge in [0.2, 0.25) is 5.95 Å². The minimum atomic E-state index is 0.678. The Hall–Kier alpha value is -2.84. The Balaban J connectivity index is 1.57. The molecule has 0 unspecified atom stereocenters. The lowest BCUT2D eigenvalue weighted by molar-refractivity contribution is 0.812. The second-order valence-corrected chi connectivity index (χ2v) is 7.11. The second-order valence-electron chi connectivity index (χ2n) is 6.02. The van der Waals surface area contributed by atoms with E-state index < -0.39 is 0 Å². The van der Waals surface area contributed by atoms with Crippen molar-refractivity contribution >= 4 is 17.7 Å². The van der Waals surface area contributed by atoms with Gasteiger partial charge >= 0.3 is 0 Å². The number of aromatic nitrogens is 2. The van der Waals surface area contributed by atoms with E-state index >= 15 is 0 Å². The van der Waals surface area contributed by atoms with Gasteiger partial charge in [0.25, 0.3) is 0 Å². The molecule has 25 heavy (non-hydrogen) atoms. The molecule has 2 aromatic carbocycles. The summed E-state index contributed by atoms with van der Waals surface area (Å²) in [6.07, 6.45) is 1.80. The number of rotatable bonds is 3. The highest BCUT2D eigenvalue weighted by Crippen LogP contribution is 2.31. The third-order valence-electron chi connectivity index (χ3n) is 4.25. The van der Waals surface area contributed by atoms with Gasteiger partial charge in [0, 0.05) is 24.2 Å². The monoisotopic (exact) mass is 344 g/mol. The average Bonchev–Trinajstić information content (AvgIpc) is 3.08. The van der Waals surface area contributed by atoms with Crippen LogP contribution in [0.25, 0.3) is 0 Å². The van der Waals surface area contributed by atoms with Crippen molar-refractivity contribution in [2.45, 2.75) is 29.9 Å². The molecule has 4 nitrogen and oxygen atoms in total. The summed E-state index contributed by atoms with van der Waals surface area (Å²) < 4.78 is 0. The van der Waals surface area contributed by atoms with Crippen LogP contribution in [0, 0.1) is 18.3 Å². The Kier molecular flexibility index (Phi) is 4.12. The molecule has 0 fully saturated rings. The molecule has 0 bridgehead atoms. The molecule has 4 rings (SSSR count). The van der Waals surface area contributed by atoms with E-state index in [4.69, 9.17) is 4.98 Å². The van der Waals surface area contributed by atoms with Gasteiger partial charge in [0.05, 0.1) is 11.6 Å². The summed E-state index contributed by atoms with van der Waals surface area (Å²) in [7, 11) is 0. The summed E-state index contributed by atoms with van der Waals surface area (Å²) in [4.78, 5) is 12.4. The fraction of sp³-hybridized carbons (Fsp3) is 0.150. The predicted octanol–water partition coefficient (Wildman–Crippen LogP) is 4.33. The Morgan fingerprint density at radius 3 is 2.72 bits per heavy atom. The Morgan fingerprint density at radius 2 is 1.92 bits per heavy atom. The van der Waals surface area contributed by atoms with Crippen molar-refractivity contribution < 1.29 is 0 Å². The van der Waals surface area contributed by atoms with Gasteiger partial charge in [0.15, 0.2) is 0 Å². The van der Waals surface area contributed by atoms with Gasteiger partial charge in [-0.1, -0.05) is 41.6 Å². The van der Waals surface area contributed by atoms with Gasteiger partial charge in [-0.2, -0.15) is 5.26 Å². The van der Waals surface area contributed by atoms with Crippen LogP contribution >= 0.6 is 11.8 Å². The summed E-state index contributed by atoms with van der Waals surface area (Å²) in [5.74, 6) is 0.706. The zero-order valence-electron chi connectivity index (χ0n) is 13.8. The molecular formula is C20H16N4S. The van der Waals surface area contributed by atoms with Crippen LogP contribution in [0.4, 0.5) is 5.95 Å². The molecule has 2 heterocycles. The summed E-state index contributed by atoms with van der Waals surface area (Å²) >= 11 is 1.63. The molecule has 0 radical (unpaired) electrons. The number of fused-ring (bicyclic) bond motifs is 1. The molecule has 0 saturated heterocycles. The zero-order chi connectivity index (χ0) is 17.2. The van der Waals surface area contributed by atoms with Gasteiger partial charge in [-0.25, -0.2) is 9.97 Å². The molecule has 1 aliphatic rings. The minimum absolute atomic E-state index is 0.678. The SMILES string of the molecule is Cc1ccc(Sc2ccnc(N3Cc4cccc(C#N)c4C3)n2)cc1. The lowest BCUT2D eigenvalue weighted by Crippen LogP contribution is -2.17. The first-order valence-corrected chi connectivity index (χ1v) is 8.88. The van der Waals surface area contributed by atoms with Crippen molar-refractivity contribution in [1.82, 2.24) is 9.97 Å². The van der Waals surface area contributed by atoms with Crippen molar-refractivity contribution in [1.29, 1.82) is 5.26 Å². The van der Waals surface area contributed by atoms with Crippen molar-refractivity contribution in [3.8, 4) is 6.07 Å².